The highest BCUT2D eigenvalue weighted by Gasteiger charge is 2.24. The predicted octanol–water partition coefficient (Wildman–Crippen LogP) is 10.3. The Balaban J connectivity index is 1.29. The average Bonchev–Trinajstić information content (AvgIpc) is 3.74. The second-order valence-electron chi connectivity index (χ2n) is 10.9. The van der Waals surface area contributed by atoms with E-state index in [1.54, 1.807) is 0 Å². The van der Waals surface area contributed by atoms with Gasteiger partial charge in [-0.2, -0.15) is 4.98 Å². The van der Waals surface area contributed by atoms with Crippen LogP contribution in [0.15, 0.2) is 162 Å². The molecule has 5 nitrogen and oxygen atoms in total. The highest BCUT2D eigenvalue weighted by Crippen LogP contribution is 2.40. The number of benzene rings is 6. The molecular weight excluding hydrogens is 540 g/mol. The van der Waals surface area contributed by atoms with Crippen molar-refractivity contribution in [1.29, 1.82) is 0 Å². The molecule has 0 fully saturated rings. The standard InChI is InChI=1S/C39H26N4O/c1-3-13-28(14-4-1)41(29-15-5-2-6-16-29)30-25-23-27(24-26-30)37-38(43-35-21-11-12-22-36(35)44-39(43)40-37)42-33-19-9-7-17-31(33)32-18-8-10-20-34(32)42/h1-26H. The minimum Gasteiger partial charge on any atom is -0.423 e. The van der Waals surface area contributed by atoms with Gasteiger partial charge in [0.05, 0.1) is 16.6 Å². The molecule has 0 N–H and O–H groups in total. The van der Waals surface area contributed by atoms with Gasteiger partial charge >= 0.3 is 5.84 Å². The van der Waals surface area contributed by atoms with Crippen LogP contribution in [0.4, 0.5) is 17.1 Å². The van der Waals surface area contributed by atoms with Gasteiger partial charge in [-0.1, -0.05) is 97.1 Å². The molecule has 44 heavy (non-hydrogen) atoms. The van der Waals surface area contributed by atoms with Crippen LogP contribution in [0.2, 0.25) is 0 Å². The maximum absolute atomic E-state index is 6.33. The average molecular weight is 567 g/mol. The van der Waals surface area contributed by atoms with Gasteiger partial charge in [-0.15, -0.1) is 0 Å². The van der Waals surface area contributed by atoms with Crippen LogP contribution in [0.3, 0.4) is 0 Å². The zero-order chi connectivity index (χ0) is 29.0. The zero-order valence-corrected chi connectivity index (χ0v) is 23.7. The molecule has 0 radical (unpaired) electrons. The number of anilines is 3. The summed E-state index contributed by atoms with van der Waals surface area (Å²) in [5, 5.41) is 2.40. The maximum atomic E-state index is 6.33. The summed E-state index contributed by atoms with van der Waals surface area (Å²) in [7, 11) is 0. The lowest BCUT2D eigenvalue weighted by molar-refractivity contribution is 0.641. The van der Waals surface area contributed by atoms with E-state index in [-0.39, 0.29) is 0 Å². The van der Waals surface area contributed by atoms with Crippen molar-refractivity contribution >= 4 is 55.8 Å². The molecule has 0 aliphatic heterocycles. The summed E-state index contributed by atoms with van der Waals surface area (Å²) in [6.07, 6.45) is 0. The summed E-state index contributed by atoms with van der Waals surface area (Å²) in [6, 6.07) is 54.9. The first-order valence-electron chi connectivity index (χ1n) is 14.7. The smallest absolute Gasteiger partial charge is 0.309 e. The number of nitrogens with zero attached hydrogens (tertiary/aromatic N) is 4. The number of fused-ring (bicyclic) bond motifs is 6. The number of oxazole rings is 1. The Hall–Kier alpha value is -6.07. The van der Waals surface area contributed by atoms with E-state index in [2.05, 4.69) is 141 Å². The minimum atomic E-state index is 0.567. The van der Waals surface area contributed by atoms with Crippen molar-refractivity contribution in [2.45, 2.75) is 0 Å². The van der Waals surface area contributed by atoms with Crippen molar-refractivity contribution in [3.63, 3.8) is 0 Å². The molecular formula is C39H26N4O. The van der Waals surface area contributed by atoms with Crippen molar-refractivity contribution in [3.05, 3.63) is 158 Å². The number of imidazole rings is 1. The third-order valence-electron chi connectivity index (χ3n) is 8.35. The van der Waals surface area contributed by atoms with E-state index in [0.29, 0.717) is 5.84 Å². The van der Waals surface area contributed by atoms with E-state index in [0.717, 1.165) is 56.3 Å². The third-order valence-corrected chi connectivity index (χ3v) is 8.35. The molecule has 0 spiro atoms. The molecule has 3 heterocycles. The van der Waals surface area contributed by atoms with Crippen LogP contribution in [0.5, 0.6) is 0 Å². The Morgan fingerprint density at radius 1 is 0.477 bits per heavy atom. The fourth-order valence-electron chi connectivity index (χ4n) is 6.42. The molecule has 0 aliphatic rings. The molecule has 6 aromatic carbocycles. The van der Waals surface area contributed by atoms with Gasteiger partial charge in [0.2, 0.25) is 0 Å². The largest absolute Gasteiger partial charge is 0.423 e. The Morgan fingerprint density at radius 2 is 0.977 bits per heavy atom. The molecule has 0 saturated carbocycles. The zero-order valence-electron chi connectivity index (χ0n) is 23.7. The summed E-state index contributed by atoms with van der Waals surface area (Å²) in [5.74, 6) is 1.52. The summed E-state index contributed by atoms with van der Waals surface area (Å²) < 4.78 is 10.8. The van der Waals surface area contributed by atoms with Gasteiger partial charge in [-0.05, 0) is 60.7 Å². The Labute approximate surface area is 253 Å². The van der Waals surface area contributed by atoms with Crippen molar-refractivity contribution < 1.29 is 4.42 Å². The van der Waals surface area contributed by atoms with Gasteiger partial charge < -0.3 is 9.32 Å². The highest BCUT2D eigenvalue weighted by molar-refractivity contribution is 6.09. The van der Waals surface area contributed by atoms with Crippen LogP contribution < -0.4 is 4.90 Å². The van der Waals surface area contributed by atoms with E-state index < -0.39 is 0 Å². The first kappa shape index (κ1) is 24.5. The van der Waals surface area contributed by atoms with Crippen LogP contribution in [0, 0.1) is 0 Å². The van der Waals surface area contributed by atoms with E-state index in [9.17, 15) is 0 Å². The molecule has 9 rings (SSSR count). The lowest BCUT2D eigenvalue weighted by Crippen LogP contribution is -2.09. The van der Waals surface area contributed by atoms with Gasteiger partial charge in [0, 0.05) is 33.4 Å². The third kappa shape index (κ3) is 3.69. The molecule has 3 aromatic heterocycles. The van der Waals surface area contributed by atoms with Crippen LogP contribution in [-0.4, -0.2) is 14.0 Å². The minimum absolute atomic E-state index is 0.567. The van der Waals surface area contributed by atoms with E-state index >= 15 is 0 Å². The molecule has 0 atom stereocenters. The van der Waals surface area contributed by atoms with E-state index in [1.165, 1.54) is 10.8 Å². The topological polar surface area (TPSA) is 38.6 Å². The van der Waals surface area contributed by atoms with Crippen molar-refractivity contribution in [2.24, 2.45) is 0 Å². The monoisotopic (exact) mass is 566 g/mol. The quantitative estimate of drug-likeness (QED) is 0.208. The second-order valence-corrected chi connectivity index (χ2v) is 10.9. The molecule has 5 heteroatoms. The summed E-state index contributed by atoms with van der Waals surface area (Å²) in [6.45, 7) is 0. The van der Waals surface area contributed by atoms with Crippen molar-refractivity contribution in [3.8, 4) is 17.1 Å². The van der Waals surface area contributed by atoms with E-state index in [1.807, 2.05) is 30.3 Å². The maximum Gasteiger partial charge on any atom is 0.309 e. The number of para-hydroxylation sites is 6. The van der Waals surface area contributed by atoms with Gasteiger partial charge in [0.1, 0.15) is 5.69 Å². The van der Waals surface area contributed by atoms with Gasteiger partial charge in [-0.3, -0.25) is 4.57 Å². The Morgan fingerprint density at radius 3 is 1.59 bits per heavy atom. The summed E-state index contributed by atoms with van der Waals surface area (Å²) in [4.78, 5) is 7.41. The highest BCUT2D eigenvalue weighted by atomic mass is 16.4. The van der Waals surface area contributed by atoms with Crippen LogP contribution in [0.1, 0.15) is 0 Å². The van der Waals surface area contributed by atoms with Gasteiger partial charge in [0.15, 0.2) is 11.4 Å². The molecule has 9 aromatic rings. The van der Waals surface area contributed by atoms with Crippen molar-refractivity contribution in [1.82, 2.24) is 14.0 Å². The lowest BCUT2D eigenvalue weighted by atomic mass is 10.1. The molecule has 0 unspecified atom stereocenters. The lowest BCUT2D eigenvalue weighted by Gasteiger charge is -2.25. The normalized spacial score (nSPS) is 11.6. The van der Waals surface area contributed by atoms with Gasteiger partial charge in [0.25, 0.3) is 0 Å². The second kappa shape index (κ2) is 9.75. The molecule has 0 amide bonds. The van der Waals surface area contributed by atoms with Crippen LogP contribution in [-0.2, 0) is 0 Å². The Kier molecular flexibility index (Phi) is 5.43. The summed E-state index contributed by atoms with van der Waals surface area (Å²) >= 11 is 0. The summed E-state index contributed by atoms with van der Waals surface area (Å²) in [5.41, 5.74) is 9.17. The number of rotatable bonds is 5. The molecule has 0 bridgehead atoms. The first-order chi connectivity index (χ1) is 21.8. The first-order valence-corrected chi connectivity index (χ1v) is 14.7. The number of aromatic nitrogens is 3. The number of hydrogen-bond acceptors (Lipinski definition) is 3. The predicted molar refractivity (Wildman–Crippen MR) is 179 cm³/mol. The fraction of sp³-hybridized carbons (Fsp3) is 0. The fourth-order valence-corrected chi connectivity index (χ4v) is 6.42. The Bertz CT molecular complexity index is 2340. The van der Waals surface area contributed by atoms with Crippen LogP contribution >= 0.6 is 0 Å². The van der Waals surface area contributed by atoms with E-state index in [4.69, 9.17) is 9.40 Å². The van der Waals surface area contributed by atoms with Crippen molar-refractivity contribution in [2.75, 3.05) is 4.90 Å². The molecule has 0 saturated heterocycles. The molecule has 0 aliphatic carbocycles. The molecule has 208 valence electrons. The number of hydrogen-bond donors (Lipinski definition) is 0. The van der Waals surface area contributed by atoms with Gasteiger partial charge in [-0.25, -0.2) is 4.40 Å². The SMILES string of the molecule is c1ccc(N(c2ccccc2)c2ccc(-c3nc4oc5ccccc5n4c3-n3c4ccccc4c4ccccc43)cc2)cc1. The van der Waals surface area contributed by atoms with Crippen LogP contribution in [0.25, 0.3) is 55.8 Å².